The van der Waals surface area contributed by atoms with Crippen molar-refractivity contribution < 1.29 is 0 Å². The van der Waals surface area contributed by atoms with Gasteiger partial charge in [0, 0.05) is 6.20 Å². The Labute approximate surface area is 77.6 Å². The van der Waals surface area contributed by atoms with E-state index in [0.29, 0.717) is 6.04 Å². The lowest BCUT2D eigenvalue weighted by molar-refractivity contribution is 0.476. The average molecular weight is 172 g/mol. The van der Waals surface area contributed by atoms with E-state index >= 15 is 0 Å². The molecule has 2 heteroatoms. The van der Waals surface area contributed by atoms with Gasteiger partial charge < -0.3 is 0 Å². The first-order valence-corrected chi connectivity index (χ1v) is 4.74. The van der Waals surface area contributed by atoms with Gasteiger partial charge in [0.25, 0.3) is 0 Å². The fourth-order valence-electron chi connectivity index (χ4n) is 2.12. The molecule has 0 unspecified atom stereocenters. The SMILES string of the molecule is Cc1cnn(C2CC3=C(C=C3)C2)c1. The van der Waals surface area contributed by atoms with Gasteiger partial charge in [-0.25, -0.2) is 0 Å². The molecule has 0 radical (unpaired) electrons. The van der Waals surface area contributed by atoms with Crippen molar-refractivity contribution in [3.63, 3.8) is 0 Å². The molecule has 2 aliphatic carbocycles. The molecular formula is C11H12N2. The van der Waals surface area contributed by atoms with E-state index in [1.807, 2.05) is 6.20 Å². The van der Waals surface area contributed by atoms with Crippen molar-refractivity contribution >= 4 is 0 Å². The van der Waals surface area contributed by atoms with Gasteiger partial charge in [-0.1, -0.05) is 12.2 Å². The highest BCUT2D eigenvalue weighted by Crippen LogP contribution is 2.40. The molecule has 0 spiro atoms. The summed E-state index contributed by atoms with van der Waals surface area (Å²) in [6.45, 7) is 2.09. The van der Waals surface area contributed by atoms with E-state index in [1.54, 1.807) is 0 Å². The van der Waals surface area contributed by atoms with E-state index in [0.717, 1.165) is 0 Å². The summed E-state index contributed by atoms with van der Waals surface area (Å²) in [4.78, 5) is 0. The van der Waals surface area contributed by atoms with Crippen LogP contribution in [0.5, 0.6) is 0 Å². The van der Waals surface area contributed by atoms with Crippen molar-refractivity contribution in [2.75, 3.05) is 0 Å². The van der Waals surface area contributed by atoms with E-state index < -0.39 is 0 Å². The van der Waals surface area contributed by atoms with Crippen molar-refractivity contribution in [2.45, 2.75) is 25.8 Å². The maximum absolute atomic E-state index is 4.36. The monoisotopic (exact) mass is 172 g/mol. The second-order valence-electron chi connectivity index (χ2n) is 3.94. The summed E-state index contributed by atoms with van der Waals surface area (Å²) in [5.41, 5.74) is 4.33. The third kappa shape index (κ3) is 0.981. The quantitative estimate of drug-likeness (QED) is 0.636. The molecule has 0 saturated carbocycles. The zero-order valence-electron chi connectivity index (χ0n) is 7.70. The summed E-state index contributed by atoms with van der Waals surface area (Å²) in [5.74, 6) is 0. The minimum Gasteiger partial charge on any atom is -0.269 e. The lowest BCUT2D eigenvalue weighted by atomic mass is 10.0. The first kappa shape index (κ1) is 7.13. The Balaban J connectivity index is 1.82. The molecule has 1 heterocycles. The van der Waals surface area contributed by atoms with Crippen LogP contribution in [0, 0.1) is 6.92 Å². The van der Waals surface area contributed by atoms with Crippen LogP contribution in [0.3, 0.4) is 0 Å². The smallest absolute Gasteiger partial charge is 0.0600 e. The molecule has 0 aromatic carbocycles. The fourth-order valence-corrected chi connectivity index (χ4v) is 2.12. The molecule has 2 nitrogen and oxygen atoms in total. The molecule has 0 atom stereocenters. The van der Waals surface area contributed by atoms with E-state index in [1.165, 1.54) is 29.6 Å². The van der Waals surface area contributed by atoms with Gasteiger partial charge in [0.1, 0.15) is 0 Å². The Morgan fingerprint density at radius 1 is 1.31 bits per heavy atom. The topological polar surface area (TPSA) is 17.8 Å². The molecule has 13 heavy (non-hydrogen) atoms. The van der Waals surface area contributed by atoms with Gasteiger partial charge in [-0.15, -0.1) is 0 Å². The minimum absolute atomic E-state index is 0.577. The number of hydrogen-bond acceptors (Lipinski definition) is 1. The van der Waals surface area contributed by atoms with Crippen LogP contribution >= 0.6 is 0 Å². The van der Waals surface area contributed by atoms with Crippen LogP contribution in [0.15, 0.2) is 35.7 Å². The summed E-state index contributed by atoms with van der Waals surface area (Å²) in [6.07, 6.45) is 10.9. The van der Waals surface area contributed by atoms with Gasteiger partial charge in [-0.3, -0.25) is 4.68 Å². The van der Waals surface area contributed by atoms with E-state index in [4.69, 9.17) is 0 Å². The van der Waals surface area contributed by atoms with Crippen molar-refractivity contribution in [1.82, 2.24) is 9.78 Å². The number of nitrogens with zero attached hydrogens (tertiary/aromatic N) is 2. The fraction of sp³-hybridized carbons (Fsp3) is 0.364. The normalized spacial score (nSPS) is 20.7. The molecule has 1 aromatic rings. The standard InChI is InChI=1S/C11H12N2/c1-8-6-12-13(7-8)11-4-9-2-3-10(9)5-11/h2-3,6-7,11H,4-5H2,1H3. The number of allylic oxidation sites excluding steroid dienone is 4. The highest BCUT2D eigenvalue weighted by atomic mass is 15.3. The Hall–Kier alpha value is -1.31. The number of aryl methyl sites for hydroxylation is 1. The predicted molar refractivity (Wildman–Crippen MR) is 51.4 cm³/mol. The third-order valence-electron chi connectivity index (χ3n) is 2.91. The van der Waals surface area contributed by atoms with Gasteiger partial charge in [-0.2, -0.15) is 5.10 Å². The van der Waals surface area contributed by atoms with Gasteiger partial charge >= 0.3 is 0 Å². The maximum atomic E-state index is 4.36. The Kier molecular flexibility index (Phi) is 1.29. The molecule has 0 bridgehead atoms. The van der Waals surface area contributed by atoms with Crippen LogP contribution in [0.25, 0.3) is 0 Å². The molecule has 0 saturated heterocycles. The summed E-state index contributed by atoms with van der Waals surface area (Å²) >= 11 is 0. The summed E-state index contributed by atoms with van der Waals surface area (Å²) in [5, 5.41) is 4.36. The van der Waals surface area contributed by atoms with Crippen LogP contribution in [0.2, 0.25) is 0 Å². The second-order valence-corrected chi connectivity index (χ2v) is 3.94. The van der Waals surface area contributed by atoms with E-state index in [-0.39, 0.29) is 0 Å². The van der Waals surface area contributed by atoms with Gasteiger partial charge in [-0.05, 0) is 36.5 Å². The molecule has 66 valence electrons. The summed E-state index contributed by atoms with van der Waals surface area (Å²) in [7, 11) is 0. The number of aromatic nitrogens is 2. The summed E-state index contributed by atoms with van der Waals surface area (Å²) < 4.78 is 2.11. The largest absolute Gasteiger partial charge is 0.269 e. The first-order chi connectivity index (χ1) is 6.33. The molecule has 0 fully saturated rings. The van der Waals surface area contributed by atoms with Gasteiger partial charge in [0.05, 0.1) is 12.2 Å². The minimum atomic E-state index is 0.577. The second kappa shape index (κ2) is 2.34. The van der Waals surface area contributed by atoms with Crippen molar-refractivity contribution in [3.8, 4) is 0 Å². The highest BCUT2D eigenvalue weighted by Gasteiger charge is 2.26. The van der Waals surface area contributed by atoms with Crippen LogP contribution in [-0.4, -0.2) is 9.78 Å². The van der Waals surface area contributed by atoms with Gasteiger partial charge in [0.2, 0.25) is 0 Å². The van der Waals surface area contributed by atoms with E-state index in [2.05, 4.69) is 35.1 Å². The molecule has 1 aromatic heterocycles. The van der Waals surface area contributed by atoms with Crippen LogP contribution < -0.4 is 0 Å². The Bertz CT molecular complexity index is 391. The molecule has 3 rings (SSSR count). The zero-order chi connectivity index (χ0) is 8.84. The lowest BCUT2D eigenvalue weighted by Gasteiger charge is -2.09. The molecule has 0 aliphatic heterocycles. The maximum Gasteiger partial charge on any atom is 0.0600 e. The predicted octanol–water partition coefficient (Wildman–Crippen LogP) is 2.39. The lowest BCUT2D eigenvalue weighted by Crippen LogP contribution is -2.05. The van der Waals surface area contributed by atoms with E-state index in [9.17, 15) is 0 Å². The van der Waals surface area contributed by atoms with Crippen molar-refractivity contribution in [3.05, 3.63) is 41.3 Å². The zero-order valence-corrected chi connectivity index (χ0v) is 7.70. The average Bonchev–Trinajstić information content (AvgIpc) is 2.59. The molecule has 0 amide bonds. The molecular weight excluding hydrogens is 160 g/mol. The Morgan fingerprint density at radius 3 is 2.46 bits per heavy atom. The van der Waals surface area contributed by atoms with Crippen LogP contribution in [0.4, 0.5) is 0 Å². The van der Waals surface area contributed by atoms with Crippen LogP contribution in [-0.2, 0) is 0 Å². The van der Waals surface area contributed by atoms with Crippen molar-refractivity contribution in [2.24, 2.45) is 0 Å². The van der Waals surface area contributed by atoms with Gasteiger partial charge in [0.15, 0.2) is 0 Å². The summed E-state index contributed by atoms with van der Waals surface area (Å²) in [6, 6.07) is 0.577. The first-order valence-electron chi connectivity index (χ1n) is 4.74. The number of hydrogen-bond donors (Lipinski definition) is 0. The highest BCUT2D eigenvalue weighted by molar-refractivity contribution is 5.48. The molecule has 2 aliphatic rings. The molecule has 0 N–H and O–H groups in total. The Morgan fingerprint density at radius 2 is 2.00 bits per heavy atom. The van der Waals surface area contributed by atoms with Crippen molar-refractivity contribution in [1.29, 1.82) is 0 Å². The number of rotatable bonds is 1. The third-order valence-corrected chi connectivity index (χ3v) is 2.91. The van der Waals surface area contributed by atoms with Crippen LogP contribution in [0.1, 0.15) is 24.4 Å².